The van der Waals surface area contributed by atoms with E-state index < -0.39 is 5.82 Å². The van der Waals surface area contributed by atoms with Gasteiger partial charge in [-0.1, -0.05) is 11.8 Å². The van der Waals surface area contributed by atoms with Crippen LogP contribution in [0.1, 0.15) is 12.8 Å². The molecule has 2 aromatic rings. The number of nitrogens with zero attached hydrogens (tertiary/aromatic N) is 3. The molecule has 0 aliphatic rings. The maximum atomic E-state index is 13.0. The van der Waals surface area contributed by atoms with Crippen LogP contribution in [0.3, 0.4) is 0 Å². The van der Waals surface area contributed by atoms with Crippen molar-refractivity contribution in [1.29, 1.82) is 0 Å². The van der Waals surface area contributed by atoms with Gasteiger partial charge >= 0.3 is 0 Å². The van der Waals surface area contributed by atoms with Crippen LogP contribution >= 0.6 is 11.8 Å². The van der Waals surface area contributed by atoms with Gasteiger partial charge in [0.05, 0.1) is 5.69 Å². The average molecular weight is 309 g/mol. The Hall–Kier alpha value is -2.09. The van der Waals surface area contributed by atoms with E-state index in [1.165, 1.54) is 18.2 Å². The van der Waals surface area contributed by atoms with Gasteiger partial charge in [0, 0.05) is 24.9 Å². The van der Waals surface area contributed by atoms with E-state index in [4.69, 9.17) is 5.73 Å². The molecule has 0 aliphatic heterocycles. The van der Waals surface area contributed by atoms with Crippen molar-refractivity contribution < 1.29 is 9.18 Å². The van der Waals surface area contributed by atoms with Gasteiger partial charge in [0.1, 0.15) is 12.1 Å². The van der Waals surface area contributed by atoms with Crippen LogP contribution in [0, 0.1) is 5.82 Å². The molecular formula is C13H16FN5OS. The molecule has 0 unspecified atom stereocenters. The molecule has 1 amide bonds. The van der Waals surface area contributed by atoms with E-state index in [2.05, 4.69) is 15.5 Å². The van der Waals surface area contributed by atoms with Gasteiger partial charge in [0.25, 0.3) is 0 Å². The number of nitrogen functional groups attached to an aromatic ring is 1. The number of hydrogen-bond donors (Lipinski definition) is 2. The molecule has 0 radical (unpaired) electrons. The summed E-state index contributed by atoms with van der Waals surface area (Å²) >= 11 is 1.55. The highest BCUT2D eigenvalue weighted by Gasteiger charge is 2.06. The summed E-state index contributed by atoms with van der Waals surface area (Å²) in [5, 5.41) is 11.2. The van der Waals surface area contributed by atoms with E-state index in [-0.39, 0.29) is 11.6 Å². The highest BCUT2D eigenvalue weighted by Crippen LogP contribution is 2.18. The minimum atomic E-state index is -0.493. The van der Waals surface area contributed by atoms with Crippen molar-refractivity contribution in [3.8, 4) is 0 Å². The Kier molecular flexibility index (Phi) is 5.15. The third-order valence-electron chi connectivity index (χ3n) is 2.73. The normalized spacial score (nSPS) is 10.6. The summed E-state index contributed by atoms with van der Waals surface area (Å²) in [4.78, 5) is 11.7. The summed E-state index contributed by atoms with van der Waals surface area (Å²) < 4.78 is 14.8. The fraction of sp³-hybridized carbons (Fsp3) is 0.308. The lowest BCUT2D eigenvalue weighted by atomic mass is 10.2. The van der Waals surface area contributed by atoms with Crippen LogP contribution in [0.2, 0.25) is 0 Å². The average Bonchev–Trinajstić information content (AvgIpc) is 2.85. The van der Waals surface area contributed by atoms with E-state index in [9.17, 15) is 9.18 Å². The molecule has 21 heavy (non-hydrogen) atoms. The Balaban J connectivity index is 1.72. The molecule has 0 saturated heterocycles. The van der Waals surface area contributed by atoms with Crippen molar-refractivity contribution in [1.82, 2.24) is 14.8 Å². The molecule has 0 bridgehead atoms. The Labute approximate surface area is 125 Å². The lowest BCUT2D eigenvalue weighted by molar-refractivity contribution is -0.116. The van der Waals surface area contributed by atoms with Gasteiger partial charge in [-0.2, -0.15) is 0 Å². The van der Waals surface area contributed by atoms with E-state index in [0.29, 0.717) is 18.5 Å². The van der Waals surface area contributed by atoms with Gasteiger partial charge < -0.3 is 15.6 Å². The van der Waals surface area contributed by atoms with Crippen LogP contribution in [-0.4, -0.2) is 26.4 Å². The summed E-state index contributed by atoms with van der Waals surface area (Å²) in [6.07, 6.45) is 2.72. The molecule has 1 aromatic heterocycles. The van der Waals surface area contributed by atoms with Crippen molar-refractivity contribution in [2.45, 2.75) is 18.0 Å². The second-order valence-corrected chi connectivity index (χ2v) is 5.52. The summed E-state index contributed by atoms with van der Waals surface area (Å²) in [6.45, 7) is 0. The van der Waals surface area contributed by atoms with Crippen LogP contribution in [0.4, 0.5) is 15.8 Å². The smallest absolute Gasteiger partial charge is 0.224 e. The fourth-order valence-electron chi connectivity index (χ4n) is 1.64. The van der Waals surface area contributed by atoms with E-state index >= 15 is 0 Å². The largest absolute Gasteiger partial charge is 0.396 e. The first kappa shape index (κ1) is 15.3. The number of carbonyl (C=O) groups excluding carboxylic acids is 1. The molecule has 0 spiro atoms. The summed E-state index contributed by atoms with van der Waals surface area (Å²) in [5.41, 5.74) is 5.96. The topological polar surface area (TPSA) is 85.8 Å². The molecule has 0 aliphatic carbocycles. The molecule has 1 aromatic carbocycles. The minimum absolute atomic E-state index is 0.0191. The number of amides is 1. The Morgan fingerprint density at radius 3 is 3.00 bits per heavy atom. The second-order valence-electron chi connectivity index (χ2n) is 4.46. The molecule has 3 N–H and O–H groups in total. The molecule has 1 heterocycles. The number of aromatic nitrogens is 3. The number of carbonyl (C=O) groups is 1. The number of hydrogen-bond acceptors (Lipinski definition) is 5. The second kappa shape index (κ2) is 7.07. The van der Waals surface area contributed by atoms with Crippen LogP contribution in [0.5, 0.6) is 0 Å². The van der Waals surface area contributed by atoms with Crippen LogP contribution < -0.4 is 11.1 Å². The Morgan fingerprint density at radius 2 is 2.33 bits per heavy atom. The van der Waals surface area contributed by atoms with E-state index in [1.807, 2.05) is 11.6 Å². The molecule has 6 nitrogen and oxygen atoms in total. The van der Waals surface area contributed by atoms with Crippen molar-refractivity contribution in [3.05, 3.63) is 30.3 Å². The predicted octanol–water partition coefficient (Wildman–Crippen LogP) is 2.05. The van der Waals surface area contributed by atoms with Crippen LogP contribution in [-0.2, 0) is 11.8 Å². The number of aryl methyl sites for hydroxylation is 1. The monoisotopic (exact) mass is 309 g/mol. The number of halogens is 1. The fourth-order valence-corrected chi connectivity index (χ4v) is 2.47. The van der Waals surface area contributed by atoms with Gasteiger partial charge in [-0.25, -0.2) is 4.39 Å². The molecule has 0 saturated carbocycles. The van der Waals surface area contributed by atoms with Crippen LogP contribution in [0.25, 0.3) is 0 Å². The van der Waals surface area contributed by atoms with E-state index in [0.717, 1.165) is 10.9 Å². The van der Waals surface area contributed by atoms with Gasteiger partial charge in [0.2, 0.25) is 5.91 Å². The zero-order valence-corrected chi connectivity index (χ0v) is 12.4. The number of nitrogens with two attached hydrogens (primary N) is 1. The lowest BCUT2D eigenvalue weighted by Gasteiger charge is -2.06. The molecule has 112 valence electrons. The van der Waals surface area contributed by atoms with Gasteiger partial charge in [-0.05, 0) is 24.6 Å². The highest BCUT2D eigenvalue weighted by atomic mass is 32.2. The third-order valence-corrected chi connectivity index (χ3v) is 3.85. The SMILES string of the molecule is Cn1cnnc1SCCCC(=O)Nc1ccc(F)c(N)c1. The first-order chi connectivity index (χ1) is 10.1. The molecule has 8 heteroatoms. The minimum Gasteiger partial charge on any atom is -0.396 e. The maximum absolute atomic E-state index is 13.0. The zero-order valence-electron chi connectivity index (χ0n) is 11.5. The Bertz CT molecular complexity index is 631. The maximum Gasteiger partial charge on any atom is 0.224 e. The quantitative estimate of drug-likeness (QED) is 0.484. The van der Waals surface area contributed by atoms with Crippen molar-refractivity contribution in [2.24, 2.45) is 7.05 Å². The molecule has 0 atom stereocenters. The van der Waals surface area contributed by atoms with Gasteiger partial charge in [-0.3, -0.25) is 4.79 Å². The Morgan fingerprint density at radius 1 is 1.52 bits per heavy atom. The van der Waals surface area contributed by atoms with Crippen molar-refractivity contribution in [3.63, 3.8) is 0 Å². The lowest BCUT2D eigenvalue weighted by Crippen LogP contribution is -2.11. The van der Waals surface area contributed by atoms with Crippen molar-refractivity contribution in [2.75, 3.05) is 16.8 Å². The first-order valence-electron chi connectivity index (χ1n) is 6.38. The summed E-state index contributed by atoms with van der Waals surface area (Å²) in [6, 6.07) is 4.12. The number of benzene rings is 1. The highest BCUT2D eigenvalue weighted by molar-refractivity contribution is 7.99. The first-order valence-corrected chi connectivity index (χ1v) is 7.36. The molecular weight excluding hydrogens is 293 g/mol. The standard InChI is InChI=1S/C13H16FN5OS/c1-19-8-16-18-13(19)21-6-2-3-12(20)17-9-4-5-10(14)11(15)7-9/h4-5,7-8H,2-3,6,15H2,1H3,(H,17,20). The molecule has 0 fully saturated rings. The third kappa shape index (κ3) is 4.45. The predicted molar refractivity (Wildman–Crippen MR) is 80.4 cm³/mol. The van der Waals surface area contributed by atoms with Crippen molar-refractivity contribution >= 4 is 29.0 Å². The number of anilines is 2. The number of thioether (sulfide) groups is 1. The summed E-state index contributed by atoms with van der Waals surface area (Å²) in [7, 11) is 1.87. The van der Waals surface area contributed by atoms with E-state index in [1.54, 1.807) is 18.1 Å². The zero-order chi connectivity index (χ0) is 15.2. The molecule has 2 rings (SSSR count). The van der Waals surface area contributed by atoms with Crippen LogP contribution in [0.15, 0.2) is 29.7 Å². The van der Waals surface area contributed by atoms with Gasteiger partial charge in [-0.15, -0.1) is 10.2 Å². The number of nitrogens with one attached hydrogen (secondary N) is 1. The van der Waals surface area contributed by atoms with Gasteiger partial charge in [0.15, 0.2) is 5.16 Å². The number of rotatable bonds is 6. The summed E-state index contributed by atoms with van der Waals surface area (Å²) in [5.74, 6) is 0.151.